The summed E-state index contributed by atoms with van der Waals surface area (Å²) in [6, 6.07) is 40.4. The summed E-state index contributed by atoms with van der Waals surface area (Å²) in [6.45, 7) is 2.11. The van der Waals surface area contributed by atoms with E-state index in [9.17, 15) is 0 Å². The summed E-state index contributed by atoms with van der Waals surface area (Å²) in [5.41, 5.74) is 3.87. The fraction of sp³-hybridized carbons (Fsp3) is 0.0370. The minimum Gasteiger partial charge on any atom is -0.0622 e. The van der Waals surface area contributed by atoms with Gasteiger partial charge in [0.1, 0.15) is 0 Å². The molecule has 0 saturated carbocycles. The smallest absolute Gasteiger partial charge is 0.0178 e. The lowest BCUT2D eigenvalue weighted by Crippen LogP contribution is -1.76. The molecule has 0 aliphatic rings. The fourth-order valence-electron chi connectivity index (χ4n) is 3.26. The van der Waals surface area contributed by atoms with E-state index >= 15 is 0 Å². The van der Waals surface area contributed by atoms with Gasteiger partial charge >= 0.3 is 0 Å². The van der Waals surface area contributed by atoms with Crippen LogP contribution < -0.4 is 0 Å². The van der Waals surface area contributed by atoms with Crippen molar-refractivity contribution in [1.29, 1.82) is 0 Å². The van der Waals surface area contributed by atoms with E-state index in [1.165, 1.54) is 38.2 Å². The maximum absolute atomic E-state index is 2.24. The SMILES string of the molecule is Cc1ccc(-c2ccccc2)cc1.c1ccc2cc3ccccc3cc2c1. The number of hydrogen-bond donors (Lipinski definition) is 0. The average Bonchev–Trinajstić information content (AvgIpc) is 2.74. The quantitative estimate of drug-likeness (QED) is 0.273. The van der Waals surface area contributed by atoms with Crippen molar-refractivity contribution in [3.05, 3.63) is 121 Å². The second kappa shape index (κ2) is 7.88. The van der Waals surface area contributed by atoms with Crippen LogP contribution in [0.25, 0.3) is 32.7 Å². The largest absolute Gasteiger partial charge is 0.0622 e. The van der Waals surface area contributed by atoms with E-state index in [-0.39, 0.29) is 0 Å². The molecule has 0 heteroatoms. The zero-order valence-electron chi connectivity index (χ0n) is 15.5. The van der Waals surface area contributed by atoms with Crippen LogP contribution >= 0.6 is 0 Å². The van der Waals surface area contributed by atoms with Gasteiger partial charge in [0.2, 0.25) is 0 Å². The summed E-state index contributed by atoms with van der Waals surface area (Å²) in [5.74, 6) is 0. The van der Waals surface area contributed by atoms with Gasteiger partial charge in [0.15, 0.2) is 0 Å². The van der Waals surface area contributed by atoms with Crippen LogP contribution in [0, 0.1) is 6.92 Å². The van der Waals surface area contributed by atoms with Crippen LogP contribution in [0.5, 0.6) is 0 Å². The summed E-state index contributed by atoms with van der Waals surface area (Å²) in [5, 5.41) is 5.25. The second-order valence-corrected chi connectivity index (χ2v) is 6.78. The molecule has 0 heterocycles. The van der Waals surface area contributed by atoms with Gasteiger partial charge < -0.3 is 0 Å². The van der Waals surface area contributed by atoms with Gasteiger partial charge in [-0.1, -0.05) is 109 Å². The average molecular weight is 346 g/mol. The van der Waals surface area contributed by atoms with Crippen molar-refractivity contribution < 1.29 is 0 Å². The summed E-state index contributed by atoms with van der Waals surface area (Å²) in [4.78, 5) is 0. The van der Waals surface area contributed by atoms with Crippen LogP contribution in [0.2, 0.25) is 0 Å². The van der Waals surface area contributed by atoms with Gasteiger partial charge in [0, 0.05) is 0 Å². The molecule has 0 nitrogen and oxygen atoms in total. The molecule has 0 saturated heterocycles. The first-order chi connectivity index (χ1) is 13.3. The minimum atomic E-state index is 1.28. The second-order valence-electron chi connectivity index (χ2n) is 6.78. The van der Waals surface area contributed by atoms with E-state index in [4.69, 9.17) is 0 Å². The van der Waals surface area contributed by atoms with E-state index in [1.54, 1.807) is 0 Å². The molecule has 0 bridgehead atoms. The van der Waals surface area contributed by atoms with E-state index in [2.05, 4.69) is 116 Å². The third kappa shape index (κ3) is 4.07. The molecule has 5 aromatic carbocycles. The molecular weight excluding hydrogens is 324 g/mol. The van der Waals surface area contributed by atoms with Crippen LogP contribution in [0.1, 0.15) is 5.56 Å². The van der Waals surface area contributed by atoms with E-state index in [0.717, 1.165) is 0 Å². The number of rotatable bonds is 1. The molecule has 0 aliphatic carbocycles. The highest BCUT2D eigenvalue weighted by atomic mass is 14.0. The maximum atomic E-state index is 2.24. The lowest BCUT2D eigenvalue weighted by molar-refractivity contribution is 1.47. The van der Waals surface area contributed by atoms with Crippen molar-refractivity contribution in [3.8, 4) is 11.1 Å². The standard InChI is InChI=1S/C14H10.C13H12/c1-2-6-12-10-14-8-4-3-7-13(14)9-11(12)5-1;1-11-7-9-13(10-8-11)12-5-3-2-4-6-12/h1-10H;2-10H,1H3. The molecule has 0 unspecified atom stereocenters. The summed E-state index contributed by atoms with van der Waals surface area (Å²) < 4.78 is 0. The Morgan fingerprint density at radius 2 is 0.741 bits per heavy atom. The normalized spacial score (nSPS) is 10.4. The molecule has 0 aromatic heterocycles. The van der Waals surface area contributed by atoms with E-state index < -0.39 is 0 Å². The Morgan fingerprint density at radius 3 is 1.19 bits per heavy atom. The molecule has 0 atom stereocenters. The van der Waals surface area contributed by atoms with Crippen LogP contribution in [-0.4, -0.2) is 0 Å². The highest BCUT2D eigenvalue weighted by Crippen LogP contribution is 2.22. The molecule has 0 aliphatic heterocycles. The summed E-state index contributed by atoms with van der Waals surface area (Å²) in [6.07, 6.45) is 0. The molecular formula is C27H22. The van der Waals surface area contributed by atoms with Gasteiger partial charge in [-0.3, -0.25) is 0 Å². The zero-order chi connectivity index (χ0) is 18.5. The highest BCUT2D eigenvalue weighted by molar-refractivity contribution is 5.98. The number of aryl methyl sites for hydroxylation is 1. The Hall–Kier alpha value is -3.38. The number of fused-ring (bicyclic) bond motifs is 2. The van der Waals surface area contributed by atoms with Crippen LogP contribution in [0.15, 0.2) is 115 Å². The van der Waals surface area contributed by atoms with Gasteiger partial charge in [0.05, 0.1) is 0 Å². The predicted octanol–water partition coefficient (Wildman–Crippen LogP) is 7.66. The van der Waals surface area contributed by atoms with Crippen molar-refractivity contribution in [3.63, 3.8) is 0 Å². The first kappa shape index (κ1) is 17.1. The minimum absolute atomic E-state index is 1.28. The first-order valence-corrected chi connectivity index (χ1v) is 9.29. The van der Waals surface area contributed by atoms with Crippen LogP contribution in [-0.2, 0) is 0 Å². The van der Waals surface area contributed by atoms with E-state index in [1.807, 2.05) is 6.07 Å². The molecule has 0 amide bonds. The van der Waals surface area contributed by atoms with Gasteiger partial charge in [-0.05, 0) is 51.7 Å². The third-order valence-electron chi connectivity index (χ3n) is 4.77. The summed E-state index contributed by atoms with van der Waals surface area (Å²) >= 11 is 0. The van der Waals surface area contributed by atoms with Crippen molar-refractivity contribution in [2.24, 2.45) is 0 Å². The molecule has 5 rings (SSSR count). The lowest BCUT2D eigenvalue weighted by atomic mass is 10.0. The highest BCUT2D eigenvalue weighted by Gasteiger charge is 1.95. The van der Waals surface area contributed by atoms with E-state index in [0.29, 0.717) is 0 Å². The zero-order valence-corrected chi connectivity index (χ0v) is 15.5. The number of benzene rings is 5. The Balaban J connectivity index is 0.000000134. The van der Waals surface area contributed by atoms with Crippen molar-refractivity contribution in [2.75, 3.05) is 0 Å². The molecule has 0 N–H and O–H groups in total. The van der Waals surface area contributed by atoms with Crippen molar-refractivity contribution >= 4 is 21.5 Å². The Bertz CT molecular complexity index is 1050. The molecule has 130 valence electrons. The monoisotopic (exact) mass is 346 g/mol. The van der Waals surface area contributed by atoms with Gasteiger partial charge in [-0.25, -0.2) is 0 Å². The topological polar surface area (TPSA) is 0 Å². The predicted molar refractivity (Wildman–Crippen MR) is 118 cm³/mol. The molecule has 0 fully saturated rings. The van der Waals surface area contributed by atoms with Crippen molar-refractivity contribution in [2.45, 2.75) is 6.92 Å². The van der Waals surface area contributed by atoms with Gasteiger partial charge in [-0.2, -0.15) is 0 Å². The lowest BCUT2D eigenvalue weighted by Gasteiger charge is -2.00. The van der Waals surface area contributed by atoms with Gasteiger partial charge in [-0.15, -0.1) is 0 Å². The van der Waals surface area contributed by atoms with Crippen LogP contribution in [0.3, 0.4) is 0 Å². The molecule has 27 heavy (non-hydrogen) atoms. The first-order valence-electron chi connectivity index (χ1n) is 9.29. The molecule has 5 aromatic rings. The Morgan fingerprint density at radius 1 is 0.370 bits per heavy atom. The number of hydrogen-bond acceptors (Lipinski definition) is 0. The van der Waals surface area contributed by atoms with Crippen molar-refractivity contribution in [1.82, 2.24) is 0 Å². The Labute approximate surface area is 160 Å². The third-order valence-corrected chi connectivity index (χ3v) is 4.77. The molecule has 0 radical (unpaired) electrons. The summed E-state index contributed by atoms with van der Waals surface area (Å²) in [7, 11) is 0. The fourth-order valence-corrected chi connectivity index (χ4v) is 3.26. The maximum Gasteiger partial charge on any atom is -0.0178 e. The Kier molecular flexibility index (Phi) is 4.98. The van der Waals surface area contributed by atoms with Crippen LogP contribution in [0.4, 0.5) is 0 Å². The van der Waals surface area contributed by atoms with Gasteiger partial charge in [0.25, 0.3) is 0 Å². The molecule has 0 spiro atoms.